The zero-order chi connectivity index (χ0) is 17.1. The average molecular weight is 323 g/mol. The molecular formula is C23H17NO. The van der Waals surface area contributed by atoms with E-state index < -0.39 is 0 Å². The van der Waals surface area contributed by atoms with Crippen LogP contribution in [0.4, 0.5) is 0 Å². The summed E-state index contributed by atoms with van der Waals surface area (Å²) in [4.78, 5) is 3.51. The van der Waals surface area contributed by atoms with Gasteiger partial charge in [0.15, 0.2) is 0 Å². The molecule has 0 unspecified atom stereocenters. The number of para-hydroxylation sites is 1. The second-order valence-corrected chi connectivity index (χ2v) is 5.77. The Morgan fingerprint density at radius 1 is 0.760 bits per heavy atom. The Morgan fingerprint density at radius 3 is 2.24 bits per heavy atom. The van der Waals surface area contributed by atoms with E-state index >= 15 is 0 Å². The molecule has 120 valence electrons. The van der Waals surface area contributed by atoms with Crippen molar-refractivity contribution in [2.24, 2.45) is 0 Å². The molecule has 0 fully saturated rings. The van der Waals surface area contributed by atoms with E-state index in [0.29, 0.717) is 0 Å². The summed E-state index contributed by atoms with van der Waals surface area (Å²) < 4.78 is 5.20. The summed E-state index contributed by atoms with van der Waals surface area (Å²) >= 11 is 0. The minimum Gasteiger partial charge on any atom is -0.497 e. The van der Waals surface area contributed by atoms with Crippen LogP contribution in [-0.2, 0) is 0 Å². The van der Waals surface area contributed by atoms with Crippen LogP contribution in [0, 0.1) is 11.8 Å². The molecule has 0 aliphatic rings. The molecule has 1 N–H and O–H groups in total. The second kappa shape index (κ2) is 6.59. The van der Waals surface area contributed by atoms with E-state index in [9.17, 15) is 0 Å². The van der Waals surface area contributed by atoms with Crippen LogP contribution in [0.25, 0.3) is 22.2 Å². The predicted octanol–water partition coefficient (Wildman–Crippen LogP) is 5.24. The smallest absolute Gasteiger partial charge is 0.118 e. The fourth-order valence-corrected chi connectivity index (χ4v) is 2.90. The highest BCUT2D eigenvalue weighted by Crippen LogP contribution is 2.29. The molecule has 0 saturated heterocycles. The van der Waals surface area contributed by atoms with E-state index in [4.69, 9.17) is 4.74 Å². The zero-order valence-corrected chi connectivity index (χ0v) is 13.9. The van der Waals surface area contributed by atoms with Gasteiger partial charge in [-0.1, -0.05) is 60.4 Å². The van der Waals surface area contributed by atoms with E-state index in [1.165, 1.54) is 0 Å². The van der Waals surface area contributed by atoms with Crippen molar-refractivity contribution in [3.8, 4) is 28.8 Å². The first kappa shape index (κ1) is 15.1. The van der Waals surface area contributed by atoms with Crippen LogP contribution < -0.4 is 4.74 Å². The third-order valence-corrected chi connectivity index (χ3v) is 4.19. The van der Waals surface area contributed by atoms with Crippen LogP contribution in [0.2, 0.25) is 0 Å². The summed E-state index contributed by atoms with van der Waals surface area (Å²) in [6, 6.07) is 26.4. The molecule has 0 spiro atoms. The van der Waals surface area contributed by atoms with E-state index in [1.807, 2.05) is 54.6 Å². The van der Waals surface area contributed by atoms with Gasteiger partial charge in [-0.15, -0.1) is 0 Å². The summed E-state index contributed by atoms with van der Waals surface area (Å²) in [6.07, 6.45) is 0. The topological polar surface area (TPSA) is 25.0 Å². The van der Waals surface area contributed by atoms with Crippen molar-refractivity contribution < 1.29 is 4.74 Å². The van der Waals surface area contributed by atoms with Crippen LogP contribution in [0.15, 0.2) is 78.9 Å². The van der Waals surface area contributed by atoms with E-state index in [0.717, 1.165) is 39.0 Å². The second-order valence-electron chi connectivity index (χ2n) is 5.77. The van der Waals surface area contributed by atoms with Crippen molar-refractivity contribution in [2.75, 3.05) is 7.11 Å². The lowest BCUT2D eigenvalue weighted by Crippen LogP contribution is -1.83. The minimum absolute atomic E-state index is 0.836. The molecule has 0 aliphatic carbocycles. The molecule has 4 rings (SSSR count). The molecule has 1 aromatic heterocycles. The first-order chi connectivity index (χ1) is 12.3. The summed E-state index contributed by atoms with van der Waals surface area (Å²) in [5.41, 5.74) is 5.28. The normalized spacial score (nSPS) is 10.3. The van der Waals surface area contributed by atoms with E-state index in [-0.39, 0.29) is 0 Å². The maximum absolute atomic E-state index is 5.20. The van der Waals surface area contributed by atoms with Gasteiger partial charge in [-0.3, -0.25) is 0 Å². The number of fused-ring (bicyclic) bond motifs is 1. The van der Waals surface area contributed by atoms with Crippen molar-refractivity contribution in [2.45, 2.75) is 0 Å². The van der Waals surface area contributed by atoms with Crippen LogP contribution >= 0.6 is 0 Å². The van der Waals surface area contributed by atoms with E-state index in [2.05, 4.69) is 41.1 Å². The van der Waals surface area contributed by atoms with Gasteiger partial charge < -0.3 is 9.72 Å². The lowest BCUT2D eigenvalue weighted by atomic mass is 10.1. The third kappa shape index (κ3) is 3.00. The summed E-state index contributed by atoms with van der Waals surface area (Å²) in [5.74, 6) is 7.48. The standard InChI is InChI=1S/C23H17NO/c1-25-19-14-11-17(12-15-19)13-16-21-20-9-5-6-10-22(20)24-23(21)18-7-3-2-4-8-18/h2-12,14-15,24H,1H3. The SMILES string of the molecule is COc1ccc(C#Cc2c(-c3ccccc3)[nH]c3ccccc23)cc1. The van der Waals surface area contributed by atoms with Crippen molar-refractivity contribution >= 4 is 10.9 Å². The molecule has 0 bridgehead atoms. The minimum atomic E-state index is 0.836. The quantitative estimate of drug-likeness (QED) is 0.501. The fourth-order valence-electron chi connectivity index (χ4n) is 2.90. The highest BCUT2D eigenvalue weighted by Gasteiger charge is 2.10. The highest BCUT2D eigenvalue weighted by atomic mass is 16.5. The number of nitrogens with one attached hydrogen (secondary N) is 1. The summed E-state index contributed by atoms with van der Waals surface area (Å²) in [5, 5.41) is 1.14. The van der Waals surface area contributed by atoms with Crippen molar-refractivity contribution in [1.29, 1.82) is 0 Å². The molecule has 25 heavy (non-hydrogen) atoms. The zero-order valence-electron chi connectivity index (χ0n) is 13.9. The highest BCUT2D eigenvalue weighted by molar-refractivity contribution is 5.94. The van der Waals surface area contributed by atoms with Crippen molar-refractivity contribution in [3.63, 3.8) is 0 Å². The number of H-pyrrole nitrogens is 1. The molecule has 0 amide bonds. The lowest BCUT2D eigenvalue weighted by molar-refractivity contribution is 0.415. The fraction of sp³-hybridized carbons (Fsp3) is 0.0435. The van der Waals surface area contributed by atoms with Crippen molar-refractivity contribution in [3.05, 3.63) is 90.0 Å². The Morgan fingerprint density at radius 2 is 1.48 bits per heavy atom. The van der Waals surface area contributed by atoms with Crippen LogP contribution in [0.3, 0.4) is 0 Å². The van der Waals surface area contributed by atoms with Crippen LogP contribution in [-0.4, -0.2) is 12.1 Å². The number of benzene rings is 3. The maximum Gasteiger partial charge on any atom is 0.118 e. The lowest BCUT2D eigenvalue weighted by Gasteiger charge is -1.99. The molecule has 0 radical (unpaired) electrons. The first-order valence-corrected chi connectivity index (χ1v) is 8.17. The Bertz CT molecular complexity index is 1060. The Labute approximate surface area is 147 Å². The molecule has 0 aliphatic heterocycles. The number of aromatic amines is 1. The number of ether oxygens (including phenoxy) is 1. The van der Waals surface area contributed by atoms with Gasteiger partial charge in [0.1, 0.15) is 5.75 Å². The average Bonchev–Trinajstić information content (AvgIpc) is 3.06. The van der Waals surface area contributed by atoms with Gasteiger partial charge in [0, 0.05) is 16.5 Å². The van der Waals surface area contributed by atoms with Gasteiger partial charge in [0.25, 0.3) is 0 Å². The summed E-state index contributed by atoms with van der Waals surface area (Å²) in [6.45, 7) is 0. The molecule has 2 nitrogen and oxygen atoms in total. The molecule has 2 heteroatoms. The maximum atomic E-state index is 5.20. The Kier molecular flexibility index (Phi) is 3.98. The number of rotatable bonds is 2. The monoisotopic (exact) mass is 323 g/mol. The Balaban J connectivity index is 1.84. The number of methoxy groups -OCH3 is 1. The van der Waals surface area contributed by atoms with E-state index in [1.54, 1.807) is 7.11 Å². The van der Waals surface area contributed by atoms with Gasteiger partial charge in [-0.25, -0.2) is 0 Å². The van der Waals surface area contributed by atoms with Gasteiger partial charge in [0.2, 0.25) is 0 Å². The number of hydrogen-bond acceptors (Lipinski definition) is 1. The number of hydrogen-bond donors (Lipinski definition) is 1. The Hall–Kier alpha value is -3.44. The van der Waals surface area contributed by atoms with Gasteiger partial charge in [0.05, 0.1) is 18.4 Å². The van der Waals surface area contributed by atoms with Crippen LogP contribution in [0.5, 0.6) is 5.75 Å². The first-order valence-electron chi connectivity index (χ1n) is 8.17. The van der Waals surface area contributed by atoms with Gasteiger partial charge in [-0.2, -0.15) is 0 Å². The third-order valence-electron chi connectivity index (χ3n) is 4.19. The molecule has 0 atom stereocenters. The van der Waals surface area contributed by atoms with Gasteiger partial charge in [-0.05, 0) is 35.9 Å². The molecule has 4 aromatic rings. The summed E-state index contributed by atoms with van der Waals surface area (Å²) in [7, 11) is 1.67. The molecular weight excluding hydrogens is 306 g/mol. The molecule has 0 saturated carbocycles. The number of aromatic nitrogens is 1. The molecule has 3 aromatic carbocycles. The van der Waals surface area contributed by atoms with Gasteiger partial charge >= 0.3 is 0 Å². The van der Waals surface area contributed by atoms with Crippen molar-refractivity contribution in [1.82, 2.24) is 4.98 Å². The largest absolute Gasteiger partial charge is 0.497 e. The molecule has 1 heterocycles. The predicted molar refractivity (Wildman–Crippen MR) is 103 cm³/mol. The van der Waals surface area contributed by atoms with Crippen LogP contribution in [0.1, 0.15) is 11.1 Å².